The molecule has 0 fully saturated rings. The van der Waals surface area contributed by atoms with Crippen LogP contribution in [0, 0.1) is 0 Å². The number of thioether (sulfide) groups is 8. The Bertz CT molecular complexity index is 1690. The summed E-state index contributed by atoms with van der Waals surface area (Å²) in [7, 11) is 0. The number of ether oxygens (including phenoxy) is 4. The molecular weight excluding hydrogens is 873 g/mol. The Kier molecular flexibility index (Phi) is 21.9. The molecule has 10 nitrogen and oxygen atoms in total. The van der Waals surface area contributed by atoms with E-state index < -0.39 is 36.1 Å². The minimum Gasteiger partial charge on any atom is -0.490 e. The van der Waals surface area contributed by atoms with Gasteiger partial charge in [-0.3, -0.25) is 0 Å². The maximum atomic E-state index is 12.6. The molecule has 2 N–H and O–H groups in total. The molecule has 0 saturated heterocycles. The Morgan fingerprint density at radius 1 is 0.554 bits per heavy atom. The lowest BCUT2D eigenvalue weighted by Gasteiger charge is -2.21. The van der Waals surface area contributed by atoms with Crippen molar-refractivity contribution >= 4 is 118 Å². The summed E-state index contributed by atoms with van der Waals surface area (Å²) in [6, 6.07) is 15.3. The van der Waals surface area contributed by atoms with Gasteiger partial charge in [0, 0.05) is 81.0 Å². The van der Waals surface area contributed by atoms with Crippen molar-refractivity contribution in [1.29, 1.82) is 0 Å². The Morgan fingerprint density at radius 2 is 0.911 bits per heavy atom. The second kappa shape index (κ2) is 25.7. The van der Waals surface area contributed by atoms with Crippen molar-refractivity contribution < 1.29 is 48.3 Å². The molecule has 56 heavy (non-hydrogen) atoms. The predicted octanol–water partition coefficient (Wildman–Crippen LogP) is 9.47. The average molecular weight is 915 g/mol. The number of hydrogen-bond donors (Lipinski definition) is 2. The number of esters is 2. The van der Waals surface area contributed by atoms with E-state index in [1.807, 2.05) is 37.5 Å². The molecule has 3 aromatic rings. The molecule has 2 unspecified atom stereocenters. The van der Waals surface area contributed by atoms with Crippen molar-refractivity contribution in [2.75, 3.05) is 62.3 Å². The van der Waals surface area contributed by atoms with Crippen LogP contribution in [0.4, 0.5) is 0 Å². The van der Waals surface area contributed by atoms with Gasteiger partial charge >= 0.3 is 23.9 Å². The van der Waals surface area contributed by atoms with Gasteiger partial charge in [-0.1, -0.05) is 6.07 Å². The van der Waals surface area contributed by atoms with E-state index in [0.717, 1.165) is 63.5 Å². The lowest BCUT2D eigenvalue weighted by Crippen LogP contribution is -2.27. The zero-order chi connectivity index (χ0) is 41.0. The highest BCUT2D eigenvalue weighted by Crippen LogP contribution is 2.42. The highest BCUT2D eigenvalue weighted by Gasteiger charge is 2.21. The second-order valence-corrected chi connectivity index (χ2v) is 18.1. The van der Waals surface area contributed by atoms with Gasteiger partial charge in [0.2, 0.25) is 0 Å². The quantitative estimate of drug-likeness (QED) is 0.0499. The minimum atomic E-state index is -1.27. The Morgan fingerprint density at radius 3 is 1.21 bits per heavy atom. The maximum absolute atomic E-state index is 12.6. The van der Waals surface area contributed by atoms with Crippen molar-refractivity contribution in [2.45, 2.75) is 51.4 Å². The van der Waals surface area contributed by atoms with Crippen LogP contribution < -0.4 is 9.47 Å². The Labute approximate surface area is 361 Å². The second-order valence-electron chi connectivity index (χ2n) is 10.9. The predicted molar refractivity (Wildman–Crippen MR) is 236 cm³/mol. The van der Waals surface area contributed by atoms with E-state index in [1.54, 1.807) is 94.8 Å². The molecule has 302 valence electrons. The molecule has 0 aromatic heterocycles. The standard InChI is InChI=1S/C38H42O10S8/c1-49-27-15-29(51-3)37(30(16-27)52-4)55-21-25(47-35(43)12-10-33(39)40)19-45-23-8-7-9-24(14-23)46-20-26(48-36(44)13-11-34(41)42)22-56-38-31(53-5)17-28(50-2)18-32(38)54-6/h7-18,25-26H,19-22H2,1-6H3,(H,39,40)(H,41,42)/b12-10-,13-11-. The third-order valence-electron chi connectivity index (χ3n) is 7.13. The van der Waals surface area contributed by atoms with E-state index in [2.05, 4.69) is 24.3 Å². The first-order valence-corrected chi connectivity index (χ1v) is 25.7. The third kappa shape index (κ3) is 16.3. The number of rotatable bonds is 24. The van der Waals surface area contributed by atoms with E-state index in [4.69, 9.17) is 29.2 Å². The summed E-state index contributed by atoms with van der Waals surface area (Å²) < 4.78 is 23.5. The number of hydrogen-bond acceptors (Lipinski definition) is 16. The summed E-state index contributed by atoms with van der Waals surface area (Å²) in [5.41, 5.74) is 0. The Balaban J connectivity index is 1.78. The molecule has 0 amide bonds. The fourth-order valence-electron chi connectivity index (χ4n) is 4.53. The van der Waals surface area contributed by atoms with Gasteiger partial charge in [-0.15, -0.1) is 94.1 Å². The number of carboxylic acid groups (broad SMARTS) is 2. The van der Waals surface area contributed by atoms with Gasteiger partial charge in [0.25, 0.3) is 0 Å². The molecule has 0 aliphatic rings. The van der Waals surface area contributed by atoms with Crippen LogP contribution in [0.25, 0.3) is 0 Å². The summed E-state index contributed by atoms with van der Waals surface area (Å²) >= 11 is 12.9. The molecule has 0 spiro atoms. The molecule has 3 rings (SSSR count). The van der Waals surface area contributed by atoms with E-state index in [9.17, 15) is 19.2 Å². The fraction of sp³-hybridized carbons (Fsp3) is 0.316. The summed E-state index contributed by atoms with van der Waals surface area (Å²) in [6.45, 7) is -0.0697. The van der Waals surface area contributed by atoms with Gasteiger partial charge in [-0.05, 0) is 73.9 Å². The highest BCUT2D eigenvalue weighted by molar-refractivity contribution is 8.04. The first-order chi connectivity index (χ1) is 26.9. The number of carboxylic acids is 2. The van der Waals surface area contributed by atoms with Gasteiger partial charge in [0.1, 0.15) is 36.9 Å². The van der Waals surface area contributed by atoms with E-state index >= 15 is 0 Å². The molecule has 3 aromatic carbocycles. The maximum Gasteiger partial charge on any atom is 0.331 e. The van der Waals surface area contributed by atoms with Gasteiger partial charge in [0.05, 0.1) is 0 Å². The molecular formula is C38H42O10S8. The Hall–Kier alpha value is -2.58. The van der Waals surface area contributed by atoms with Gasteiger partial charge in [-0.2, -0.15) is 0 Å². The monoisotopic (exact) mass is 914 g/mol. The van der Waals surface area contributed by atoms with Gasteiger partial charge in [0.15, 0.2) is 0 Å². The molecule has 0 aliphatic heterocycles. The zero-order valence-corrected chi connectivity index (χ0v) is 37.9. The van der Waals surface area contributed by atoms with Crippen LogP contribution in [0.2, 0.25) is 0 Å². The number of aliphatic carboxylic acids is 2. The molecule has 0 saturated carbocycles. The fourth-order valence-corrected chi connectivity index (χ4v) is 11.6. The lowest BCUT2D eigenvalue weighted by molar-refractivity contribution is -0.144. The smallest absolute Gasteiger partial charge is 0.331 e. The van der Waals surface area contributed by atoms with E-state index in [-0.39, 0.29) is 13.2 Å². The van der Waals surface area contributed by atoms with Crippen LogP contribution in [-0.2, 0) is 28.7 Å². The largest absolute Gasteiger partial charge is 0.490 e. The normalized spacial score (nSPS) is 12.4. The van der Waals surface area contributed by atoms with Crippen molar-refractivity contribution in [1.82, 2.24) is 0 Å². The summed E-state index contributed by atoms with van der Waals surface area (Å²) in [5.74, 6) is -2.64. The highest BCUT2D eigenvalue weighted by atomic mass is 32.2. The number of carbonyl (C=O) groups is 4. The SMILES string of the molecule is CSc1cc(SC)c(SCC(COc2cccc(OCC(CSc3c(SC)cc(SC)cc3SC)OC(=O)/C=C\C(=O)O)c2)OC(=O)/C=C\C(=O)O)c(SC)c1. The van der Waals surface area contributed by atoms with E-state index in [1.165, 1.54) is 23.5 Å². The van der Waals surface area contributed by atoms with Crippen LogP contribution in [0.15, 0.2) is 112 Å². The van der Waals surface area contributed by atoms with Crippen LogP contribution in [0.1, 0.15) is 0 Å². The molecule has 18 heteroatoms. The summed E-state index contributed by atoms with van der Waals surface area (Å²) in [6.07, 6.45) is 13.8. The van der Waals surface area contributed by atoms with Gasteiger partial charge in [-0.25, -0.2) is 19.2 Å². The van der Waals surface area contributed by atoms with Crippen molar-refractivity contribution in [2.24, 2.45) is 0 Å². The topological polar surface area (TPSA) is 146 Å². The molecule has 0 aliphatic carbocycles. The average Bonchev–Trinajstić information content (AvgIpc) is 3.20. The van der Waals surface area contributed by atoms with Crippen LogP contribution in [0.5, 0.6) is 11.5 Å². The van der Waals surface area contributed by atoms with Crippen molar-refractivity contribution in [3.05, 3.63) is 72.8 Å². The zero-order valence-electron chi connectivity index (χ0n) is 31.3. The minimum absolute atomic E-state index is 0.0349. The lowest BCUT2D eigenvalue weighted by atomic mass is 10.3. The summed E-state index contributed by atoms with van der Waals surface area (Å²) in [5, 5.41) is 18.0. The van der Waals surface area contributed by atoms with Gasteiger partial charge < -0.3 is 29.2 Å². The van der Waals surface area contributed by atoms with Crippen LogP contribution >= 0.6 is 94.1 Å². The number of benzene rings is 3. The molecule has 2 atom stereocenters. The first kappa shape index (κ1) is 47.8. The van der Waals surface area contributed by atoms with Crippen LogP contribution in [0.3, 0.4) is 0 Å². The molecule has 0 radical (unpaired) electrons. The third-order valence-corrected chi connectivity index (χ3v) is 14.6. The number of carbonyl (C=O) groups excluding carboxylic acids is 2. The molecule has 0 heterocycles. The van der Waals surface area contributed by atoms with Crippen molar-refractivity contribution in [3.63, 3.8) is 0 Å². The van der Waals surface area contributed by atoms with Crippen molar-refractivity contribution in [3.8, 4) is 11.5 Å². The summed E-state index contributed by atoms with van der Waals surface area (Å²) in [4.78, 5) is 55.9. The van der Waals surface area contributed by atoms with E-state index in [0.29, 0.717) is 23.0 Å². The molecule has 0 bridgehead atoms. The van der Waals surface area contributed by atoms with Crippen LogP contribution in [-0.4, -0.2) is 109 Å². The first-order valence-electron chi connectivity index (χ1n) is 16.4.